The molecule has 3 atom stereocenters. The summed E-state index contributed by atoms with van der Waals surface area (Å²) in [5.41, 5.74) is 1.78. The van der Waals surface area contributed by atoms with Crippen molar-refractivity contribution >= 4 is 22.6 Å². The lowest BCUT2D eigenvalue weighted by atomic mass is 9.75. The molecule has 1 saturated carbocycles. The standard InChI is InChI=1S/C19H27N3O3/c1-11(2)14-6-4-12(3)8-17(14)25-10-18(23)20-13-5-7-15-16(9-13)22-19(24)21-15/h5,7,9,11-12,14,17H,4,6,8,10H2,1-3H3,(H,20,23)(H2,21,22,24)/t12-,14+,17+/m1/s1. The lowest BCUT2D eigenvalue weighted by molar-refractivity contribution is -0.126. The maximum Gasteiger partial charge on any atom is 0.323 e. The lowest BCUT2D eigenvalue weighted by Gasteiger charge is -2.37. The van der Waals surface area contributed by atoms with Crippen LogP contribution in [0.3, 0.4) is 0 Å². The quantitative estimate of drug-likeness (QED) is 0.777. The van der Waals surface area contributed by atoms with Crippen LogP contribution in [-0.2, 0) is 9.53 Å². The molecule has 3 rings (SSSR count). The number of aromatic amines is 2. The third-order valence-electron chi connectivity index (χ3n) is 5.19. The number of imidazole rings is 1. The van der Waals surface area contributed by atoms with Crippen LogP contribution in [-0.4, -0.2) is 28.6 Å². The summed E-state index contributed by atoms with van der Waals surface area (Å²) in [6.45, 7) is 6.76. The van der Waals surface area contributed by atoms with E-state index in [0.29, 0.717) is 29.0 Å². The molecule has 136 valence electrons. The number of aromatic nitrogens is 2. The van der Waals surface area contributed by atoms with E-state index in [4.69, 9.17) is 4.74 Å². The van der Waals surface area contributed by atoms with Gasteiger partial charge in [0.15, 0.2) is 0 Å². The van der Waals surface area contributed by atoms with Crippen molar-refractivity contribution in [1.29, 1.82) is 0 Å². The summed E-state index contributed by atoms with van der Waals surface area (Å²) in [6.07, 6.45) is 3.58. The van der Waals surface area contributed by atoms with Crippen LogP contribution in [0.5, 0.6) is 0 Å². The van der Waals surface area contributed by atoms with Crippen LogP contribution in [0.4, 0.5) is 5.69 Å². The van der Waals surface area contributed by atoms with Gasteiger partial charge in [-0.25, -0.2) is 4.79 Å². The van der Waals surface area contributed by atoms with Crippen molar-refractivity contribution in [2.75, 3.05) is 11.9 Å². The van der Waals surface area contributed by atoms with Crippen LogP contribution < -0.4 is 11.0 Å². The summed E-state index contributed by atoms with van der Waals surface area (Å²) in [6, 6.07) is 5.27. The molecule has 0 saturated heterocycles. The predicted molar refractivity (Wildman–Crippen MR) is 98.6 cm³/mol. The Morgan fingerprint density at radius 1 is 1.28 bits per heavy atom. The fourth-order valence-corrected chi connectivity index (χ4v) is 3.80. The van der Waals surface area contributed by atoms with Crippen molar-refractivity contribution in [3.8, 4) is 0 Å². The van der Waals surface area contributed by atoms with E-state index >= 15 is 0 Å². The summed E-state index contributed by atoms with van der Waals surface area (Å²) >= 11 is 0. The summed E-state index contributed by atoms with van der Waals surface area (Å²) in [5, 5.41) is 2.84. The number of amides is 1. The molecule has 1 heterocycles. The zero-order valence-electron chi connectivity index (χ0n) is 15.1. The molecule has 6 nitrogen and oxygen atoms in total. The normalized spacial score (nSPS) is 23.9. The summed E-state index contributed by atoms with van der Waals surface area (Å²) in [7, 11) is 0. The van der Waals surface area contributed by atoms with E-state index in [9.17, 15) is 9.59 Å². The minimum atomic E-state index is -0.257. The van der Waals surface area contributed by atoms with Gasteiger partial charge in [0, 0.05) is 5.69 Å². The number of hydrogen-bond donors (Lipinski definition) is 3. The Kier molecular flexibility index (Phi) is 5.27. The number of H-pyrrole nitrogens is 2. The number of ether oxygens (including phenoxy) is 1. The third kappa shape index (κ3) is 4.31. The Balaban J connectivity index is 1.58. The van der Waals surface area contributed by atoms with Gasteiger partial charge in [-0.15, -0.1) is 0 Å². The number of fused-ring (bicyclic) bond motifs is 1. The van der Waals surface area contributed by atoms with Crippen LogP contribution in [0.15, 0.2) is 23.0 Å². The summed E-state index contributed by atoms with van der Waals surface area (Å²) in [5.74, 6) is 1.56. The fourth-order valence-electron chi connectivity index (χ4n) is 3.80. The van der Waals surface area contributed by atoms with Crippen LogP contribution >= 0.6 is 0 Å². The van der Waals surface area contributed by atoms with E-state index in [2.05, 4.69) is 36.1 Å². The zero-order valence-corrected chi connectivity index (χ0v) is 15.1. The smallest absolute Gasteiger partial charge is 0.323 e. The van der Waals surface area contributed by atoms with Crippen molar-refractivity contribution in [1.82, 2.24) is 9.97 Å². The first-order chi connectivity index (χ1) is 11.9. The number of benzene rings is 1. The highest BCUT2D eigenvalue weighted by Gasteiger charge is 2.31. The minimum absolute atomic E-state index is 0.0578. The second kappa shape index (κ2) is 7.44. The Bertz CT molecular complexity index is 793. The van der Waals surface area contributed by atoms with Crippen molar-refractivity contribution in [3.63, 3.8) is 0 Å². The van der Waals surface area contributed by atoms with Gasteiger partial charge in [-0.05, 0) is 48.8 Å². The maximum atomic E-state index is 12.2. The first kappa shape index (κ1) is 17.7. The average molecular weight is 345 g/mol. The lowest BCUT2D eigenvalue weighted by Crippen LogP contribution is -2.36. The first-order valence-corrected chi connectivity index (χ1v) is 9.06. The molecule has 0 unspecified atom stereocenters. The molecule has 6 heteroatoms. The molecule has 25 heavy (non-hydrogen) atoms. The fraction of sp³-hybridized carbons (Fsp3) is 0.579. The largest absolute Gasteiger partial charge is 0.368 e. The highest BCUT2D eigenvalue weighted by atomic mass is 16.5. The molecule has 2 aromatic rings. The summed E-state index contributed by atoms with van der Waals surface area (Å²) in [4.78, 5) is 28.9. The molecular formula is C19H27N3O3. The first-order valence-electron chi connectivity index (χ1n) is 9.06. The maximum absolute atomic E-state index is 12.2. The van der Waals surface area contributed by atoms with Gasteiger partial charge in [-0.1, -0.05) is 27.2 Å². The van der Waals surface area contributed by atoms with Crippen LogP contribution in [0.2, 0.25) is 0 Å². The predicted octanol–water partition coefficient (Wildman–Crippen LogP) is 3.27. The molecule has 0 aliphatic heterocycles. The number of nitrogens with one attached hydrogen (secondary N) is 3. The van der Waals surface area contributed by atoms with E-state index in [-0.39, 0.29) is 24.3 Å². The molecule has 1 fully saturated rings. The SMILES string of the molecule is CC(C)[C@@H]1CC[C@@H](C)C[C@@H]1OCC(=O)Nc1ccc2[nH]c(=O)[nH]c2c1. The number of carbonyl (C=O) groups excluding carboxylic acids is 1. The number of rotatable bonds is 5. The van der Waals surface area contributed by atoms with E-state index in [1.54, 1.807) is 18.2 Å². The van der Waals surface area contributed by atoms with E-state index in [1.165, 1.54) is 12.8 Å². The Labute approximate surface area is 147 Å². The Morgan fingerprint density at radius 3 is 2.80 bits per heavy atom. The monoisotopic (exact) mass is 345 g/mol. The van der Waals surface area contributed by atoms with E-state index in [1.807, 2.05) is 0 Å². The van der Waals surface area contributed by atoms with Crippen LogP contribution in [0.25, 0.3) is 11.0 Å². The van der Waals surface area contributed by atoms with Gasteiger partial charge in [0.25, 0.3) is 0 Å². The highest BCUT2D eigenvalue weighted by Crippen LogP contribution is 2.35. The van der Waals surface area contributed by atoms with Gasteiger partial charge in [-0.3, -0.25) is 4.79 Å². The van der Waals surface area contributed by atoms with E-state index < -0.39 is 0 Å². The second-order valence-corrected chi connectivity index (χ2v) is 7.56. The Hall–Kier alpha value is -2.08. The van der Waals surface area contributed by atoms with Crippen molar-refractivity contribution < 1.29 is 9.53 Å². The molecule has 1 aromatic heterocycles. The van der Waals surface area contributed by atoms with Crippen molar-refractivity contribution in [2.24, 2.45) is 17.8 Å². The molecule has 0 radical (unpaired) electrons. The highest BCUT2D eigenvalue weighted by molar-refractivity contribution is 5.93. The molecule has 3 N–H and O–H groups in total. The molecule has 1 aromatic carbocycles. The second-order valence-electron chi connectivity index (χ2n) is 7.56. The topological polar surface area (TPSA) is 87.0 Å². The van der Waals surface area contributed by atoms with Gasteiger partial charge < -0.3 is 20.0 Å². The van der Waals surface area contributed by atoms with Gasteiger partial charge in [0.1, 0.15) is 6.61 Å². The van der Waals surface area contributed by atoms with Gasteiger partial charge in [0.05, 0.1) is 17.1 Å². The van der Waals surface area contributed by atoms with Crippen molar-refractivity contribution in [2.45, 2.75) is 46.1 Å². The zero-order chi connectivity index (χ0) is 18.0. The molecular weight excluding hydrogens is 318 g/mol. The number of anilines is 1. The van der Waals surface area contributed by atoms with E-state index in [0.717, 1.165) is 11.9 Å². The molecule has 1 amide bonds. The molecule has 0 spiro atoms. The third-order valence-corrected chi connectivity index (χ3v) is 5.19. The van der Waals surface area contributed by atoms with Crippen molar-refractivity contribution in [3.05, 3.63) is 28.7 Å². The number of hydrogen-bond acceptors (Lipinski definition) is 3. The average Bonchev–Trinajstić information content (AvgIpc) is 2.92. The van der Waals surface area contributed by atoms with Gasteiger partial charge in [-0.2, -0.15) is 0 Å². The minimum Gasteiger partial charge on any atom is -0.368 e. The van der Waals surface area contributed by atoms with Gasteiger partial charge >= 0.3 is 5.69 Å². The molecule has 1 aliphatic carbocycles. The Morgan fingerprint density at radius 2 is 2.04 bits per heavy atom. The van der Waals surface area contributed by atoms with Crippen LogP contribution in [0, 0.1) is 17.8 Å². The molecule has 1 aliphatic rings. The molecule has 0 bridgehead atoms. The van der Waals surface area contributed by atoms with Crippen LogP contribution in [0.1, 0.15) is 40.0 Å². The van der Waals surface area contributed by atoms with Gasteiger partial charge in [0.2, 0.25) is 5.91 Å². The number of carbonyl (C=O) groups is 1. The summed E-state index contributed by atoms with van der Waals surface area (Å²) < 4.78 is 5.98.